The number of hydrogen-bond donors (Lipinski definition) is 0. The fourth-order valence-electron chi connectivity index (χ4n) is 1.93. The van der Waals surface area contributed by atoms with Crippen LogP contribution in [-0.4, -0.2) is 62.1 Å². The second-order valence-corrected chi connectivity index (χ2v) is 4.93. The fraction of sp³-hybridized carbons (Fsp3) is 0.538. The summed E-state index contributed by atoms with van der Waals surface area (Å²) in [7, 11) is 3.66. The average molecular weight is 285 g/mol. The number of aromatic nitrogens is 1. The van der Waals surface area contributed by atoms with E-state index in [4.69, 9.17) is 4.74 Å². The maximum absolute atomic E-state index is 13.4. The summed E-state index contributed by atoms with van der Waals surface area (Å²) in [6, 6.07) is 3.27. The van der Waals surface area contributed by atoms with Gasteiger partial charge in [0, 0.05) is 26.8 Å². The summed E-state index contributed by atoms with van der Waals surface area (Å²) in [6.07, 6.45) is 1.40. The van der Waals surface area contributed by atoms with Gasteiger partial charge in [-0.3, -0.25) is 4.79 Å². The monoisotopic (exact) mass is 285 g/mol. The van der Waals surface area contributed by atoms with Crippen LogP contribution < -0.4 is 4.90 Å². The van der Waals surface area contributed by atoms with Crippen LogP contribution in [0.1, 0.15) is 10.4 Å². The van der Waals surface area contributed by atoms with E-state index in [1.54, 1.807) is 17.0 Å². The third-order valence-electron chi connectivity index (χ3n) is 2.98. The van der Waals surface area contributed by atoms with Crippen molar-refractivity contribution < 1.29 is 18.3 Å². The van der Waals surface area contributed by atoms with E-state index in [9.17, 15) is 13.6 Å². The van der Waals surface area contributed by atoms with Gasteiger partial charge in [-0.05, 0) is 12.1 Å². The number of rotatable bonds is 2. The van der Waals surface area contributed by atoms with E-state index < -0.39 is 25.0 Å². The molecule has 110 valence electrons. The summed E-state index contributed by atoms with van der Waals surface area (Å²) in [6.45, 7) is -0.996. The van der Waals surface area contributed by atoms with Crippen molar-refractivity contribution in [2.24, 2.45) is 0 Å². The molecule has 0 atom stereocenters. The highest BCUT2D eigenvalue weighted by molar-refractivity contribution is 5.94. The first-order chi connectivity index (χ1) is 9.39. The third-order valence-corrected chi connectivity index (χ3v) is 2.98. The van der Waals surface area contributed by atoms with E-state index in [2.05, 4.69) is 4.98 Å². The number of nitrogens with zero attached hydrogens (tertiary/aromatic N) is 3. The van der Waals surface area contributed by atoms with Crippen LogP contribution in [0.25, 0.3) is 0 Å². The van der Waals surface area contributed by atoms with Crippen LogP contribution in [0.4, 0.5) is 14.6 Å². The molecule has 2 heterocycles. The Kier molecular flexibility index (Phi) is 4.17. The van der Waals surface area contributed by atoms with Gasteiger partial charge in [-0.2, -0.15) is 0 Å². The van der Waals surface area contributed by atoms with Crippen molar-refractivity contribution in [3.05, 3.63) is 23.9 Å². The van der Waals surface area contributed by atoms with Crippen molar-refractivity contribution in [2.75, 3.05) is 45.3 Å². The minimum atomic E-state index is -3.01. The summed E-state index contributed by atoms with van der Waals surface area (Å²) >= 11 is 0. The van der Waals surface area contributed by atoms with Gasteiger partial charge in [-0.25, -0.2) is 13.8 Å². The maximum atomic E-state index is 13.4. The first kappa shape index (κ1) is 14.6. The van der Waals surface area contributed by atoms with Gasteiger partial charge in [-0.1, -0.05) is 0 Å². The molecule has 1 saturated heterocycles. The molecule has 2 rings (SSSR count). The number of pyridine rings is 1. The van der Waals surface area contributed by atoms with Crippen LogP contribution >= 0.6 is 0 Å². The SMILES string of the molecule is CN(C)c1ccc(C(=O)N2CCOCC(F)(F)C2)cn1. The Morgan fingerprint density at radius 3 is 2.80 bits per heavy atom. The lowest BCUT2D eigenvalue weighted by atomic mass is 10.2. The summed E-state index contributed by atoms with van der Waals surface area (Å²) < 4.78 is 31.6. The highest BCUT2D eigenvalue weighted by atomic mass is 19.3. The molecule has 5 nitrogen and oxygen atoms in total. The van der Waals surface area contributed by atoms with Gasteiger partial charge in [0.25, 0.3) is 11.8 Å². The molecule has 7 heteroatoms. The van der Waals surface area contributed by atoms with E-state index in [-0.39, 0.29) is 13.2 Å². The van der Waals surface area contributed by atoms with Gasteiger partial charge in [0.05, 0.1) is 18.7 Å². The van der Waals surface area contributed by atoms with Crippen LogP contribution in [0.15, 0.2) is 18.3 Å². The van der Waals surface area contributed by atoms with Crippen molar-refractivity contribution in [1.29, 1.82) is 0 Å². The van der Waals surface area contributed by atoms with E-state index >= 15 is 0 Å². The Hall–Kier alpha value is -1.76. The third kappa shape index (κ3) is 3.41. The molecule has 1 fully saturated rings. The molecule has 1 aromatic heterocycles. The lowest BCUT2D eigenvalue weighted by Crippen LogP contribution is -2.41. The normalized spacial score (nSPS) is 18.5. The molecular formula is C13H17F2N3O2. The van der Waals surface area contributed by atoms with E-state index in [1.807, 2.05) is 14.1 Å². The number of anilines is 1. The molecular weight excluding hydrogens is 268 g/mol. The molecule has 0 aliphatic carbocycles. The van der Waals surface area contributed by atoms with Gasteiger partial charge < -0.3 is 14.5 Å². The Morgan fingerprint density at radius 2 is 2.20 bits per heavy atom. The molecule has 0 spiro atoms. The van der Waals surface area contributed by atoms with E-state index in [0.717, 1.165) is 4.90 Å². The van der Waals surface area contributed by atoms with Gasteiger partial charge in [-0.15, -0.1) is 0 Å². The minimum Gasteiger partial charge on any atom is -0.373 e. The molecule has 0 unspecified atom stereocenters. The number of hydrogen-bond acceptors (Lipinski definition) is 4. The lowest BCUT2D eigenvalue weighted by Gasteiger charge is -2.23. The first-order valence-corrected chi connectivity index (χ1v) is 6.27. The van der Waals surface area contributed by atoms with Crippen molar-refractivity contribution in [1.82, 2.24) is 9.88 Å². The van der Waals surface area contributed by atoms with Crippen LogP contribution in [0.3, 0.4) is 0 Å². The molecule has 1 aliphatic heterocycles. The fourth-order valence-corrected chi connectivity index (χ4v) is 1.93. The van der Waals surface area contributed by atoms with E-state index in [0.29, 0.717) is 11.4 Å². The second-order valence-electron chi connectivity index (χ2n) is 4.93. The molecule has 0 saturated carbocycles. The Labute approximate surface area is 116 Å². The zero-order valence-electron chi connectivity index (χ0n) is 11.5. The zero-order valence-corrected chi connectivity index (χ0v) is 11.5. The largest absolute Gasteiger partial charge is 0.373 e. The van der Waals surface area contributed by atoms with Crippen LogP contribution in [-0.2, 0) is 4.74 Å². The number of amides is 1. The van der Waals surface area contributed by atoms with Crippen LogP contribution in [0, 0.1) is 0 Å². The van der Waals surface area contributed by atoms with Crippen molar-refractivity contribution in [3.8, 4) is 0 Å². The molecule has 0 radical (unpaired) electrons. The van der Waals surface area contributed by atoms with Crippen molar-refractivity contribution >= 4 is 11.7 Å². The number of halogens is 2. The summed E-state index contributed by atoms with van der Waals surface area (Å²) in [5.74, 6) is -2.76. The van der Waals surface area contributed by atoms with Gasteiger partial charge in [0.1, 0.15) is 12.4 Å². The predicted octanol–water partition coefficient (Wildman–Crippen LogP) is 1.26. The predicted molar refractivity (Wildman–Crippen MR) is 70.2 cm³/mol. The quantitative estimate of drug-likeness (QED) is 0.820. The van der Waals surface area contributed by atoms with Crippen molar-refractivity contribution in [3.63, 3.8) is 0 Å². The standard InChI is InChI=1S/C13H17F2N3O2/c1-17(2)11-4-3-10(7-16-11)12(19)18-5-6-20-9-13(14,15)8-18/h3-4,7H,5-6,8-9H2,1-2H3. The Balaban J connectivity index is 2.13. The molecule has 1 aliphatic rings. The lowest BCUT2D eigenvalue weighted by molar-refractivity contribution is -0.0660. The van der Waals surface area contributed by atoms with E-state index in [1.165, 1.54) is 6.20 Å². The maximum Gasteiger partial charge on any atom is 0.288 e. The van der Waals surface area contributed by atoms with Crippen LogP contribution in [0.2, 0.25) is 0 Å². The van der Waals surface area contributed by atoms with Gasteiger partial charge >= 0.3 is 0 Å². The number of alkyl halides is 2. The topological polar surface area (TPSA) is 45.7 Å². The molecule has 0 N–H and O–H groups in total. The van der Waals surface area contributed by atoms with Gasteiger partial charge in [0.2, 0.25) is 0 Å². The number of carbonyl (C=O) groups excluding carboxylic acids is 1. The smallest absolute Gasteiger partial charge is 0.288 e. The summed E-state index contributed by atoms with van der Waals surface area (Å²) in [4.78, 5) is 19.2. The summed E-state index contributed by atoms with van der Waals surface area (Å²) in [5.41, 5.74) is 0.299. The molecule has 20 heavy (non-hydrogen) atoms. The molecule has 0 aromatic carbocycles. The Morgan fingerprint density at radius 1 is 1.45 bits per heavy atom. The zero-order chi connectivity index (χ0) is 14.8. The average Bonchev–Trinajstić information content (AvgIpc) is 2.59. The highest BCUT2D eigenvalue weighted by Gasteiger charge is 2.36. The Bertz CT molecular complexity index is 477. The number of carbonyl (C=O) groups is 1. The summed E-state index contributed by atoms with van der Waals surface area (Å²) in [5, 5.41) is 0. The second kappa shape index (κ2) is 5.70. The first-order valence-electron chi connectivity index (χ1n) is 6.27. The molecule has 1 amide bonds. The minimum absolute atomic E-state index is 0.116. The van der Waals surface area contributed by atoms with Gasteiger partial charge in [0.15, 0.2) is 0 Å². The molecule has 0 bridgehead atoms. The highest BCUT2D eigenvalue weighted by Crippen LogP contribution is 2.20. The molecule has 1 aromatic rings. The number of ether oxygens (including phenoxy) is 1. The van der Waals surface area contributed by atoms with Crippen LogP contribution in [0.5, 0.6) is 0 Å². The van der Waals surface area contributed by atoms with Crippen molar-refractivity contribution in [2.45, 2.75) is 5.92 Å².